The average Bonchev–Trinajstić information content (AvgIpc) is 2.62. The van der Waals surface area contributed by atoms with Gasteiger partial charge in [0, 0.05) is 31.4 Å². The van der Waals surface area contributed by atoms with E-state index in [1.807, 2.05) is 27.7 Å². The molecule has 1 aliphatic carbocycles. The van der Waals surface area contributed by atoms with E-state index in [0.717, 1.165) is 24.9 Å². The summed E-state index contributed by atoms with van der Waals surface area (Å²) < 4.78 is 5.37. The van der Waals surface area contributed by atoms with Crippen LogP contribution in [0.1, 0.15) is 60.3 Å². The Labute approximate surface area is 173 Å². The molecular formula is C22H33N3O4. The number of carbonyl (C=O) groups is 3. The Kier molecular flexibility index (Phi) is 6.93. The topological polar surface area (TPSA) is 87.7 Å². The number of rotatable bonds is 4. The lowest BCUT2D eigenvalue weighted by atomic mass is 9.71. The van der Waals surface area contributed by atoms with Crippen molar-refractivity contribution in [3.63, 3.8) is 0 Å². The molecule has 0 radical (unpaired) electrons. The van der Waals surface area contributed by atoms with E-state index < -0.39 is 17.1 Å². The maximum absolute atomic E-state index is 13.1. The predicted octanol–water partition coefficient (Wildman–Crippen LogP) is 4.08. The Morgan fingerprint density at radius 3 is 2.31 bits per heavy atom. The Morgan fingerprint density at radius 2 is 1.76 bits per heavy atom. The van der Waals surface area contributed by atoms with Crippen LogP contribution in [0.4, 0.5) is 16.2 Å². The number of anilines is 2. The highest BCUT2D eigenvalue weighted by molar-refractivity contribution is 5.96. The first-order chi connectivity index (χ1) is 13.4. The number of ether oxygens (including phenoxy) is 1. The van der Waals surface area contributed by atoms with Crippen LogP contribution >= 0.6 is 0 Å². The number of nitrogens with zero attached hydrogens (tertiary/aromatic N) is 1. The standard InChI is InChI=1S/C22H33N3O4/c1-15(26)25(6)17-12-10-16(11-13-17)23-19(27)22(5)14-8-7-9-18(22)24-20(28)29-21(2,3)4/h10-13,18H,7-9,14H2,1-6H3,(H,23,27)(H,24,28)/t18-,22-/m0/s1. The number of carbonyl (C=O) groups excluding carboxylic acids is 3. The zero-order valence-electron chi connectivity index (χ0n) is 18.3. The van der Waals surface area contributed by atoms with Gasteiger partial charge >= 0.3 is 6.09 Å². The van der Waals surface area contributed by atoms with Gasteiger partial charge in [-0.3, -0.25) is 9.59 Å². The van der Waals surface area contributed by atoms with Gasteiger partial charge in [-0.05, 0) is 64.8 Å². The molecule has 0 aromatic heterocycles. The fraction of sp³-hybridized carbons (Fsp3) is 0.591. The highest BCUT2D eigenvalue weighted by Crippen LogP contribution is 2.37. The molecule has 2 N–H and O–H groups in total. The van der Waals surface area contributed by atoms with Gasteiger partial charge in [0.15, 0.2) is 0 Å². The van der Waals surface area contributed by atoms with Crippen LogP contribution in [0.15, 0.2) is 24.3 Å². The maximum Gasteiger partial charge on any atom is 0.407 e. The Bertz CT molecular complexity index is 754. The van der Waals surface area contributed by atoms with Crippen LogP contribution in [0.25, 0.3) is 0 Å². The summed E-state index contributed by atoms with van der Waals surface area (Å²) in [5, 5.41) is 5.87. The molecule has 0 bridgehead atoms. The minimum atomic E-state index is -0.732. The van der Waals surface area contributed by atoms with E-state index in [4.69, 9.17) is 4.74 Å². The molecule has 0 aliphatic heterocycles. The number of amides is 3. The quantitative estimate of drug-likeness (QED) is 0.793. The van der Waals surface area contributed by atoms with Crippen LogP contribution in [0.2, 0.25) is 0 Å². The van der Waals surface area contributed by atoms with Gasteiger partial charge in [0.1, 0.15) is 5.60 Å². The predicted molar refractivity (Wildman–Crippen MR) is 114 cm³/mol. The fourth-order valence-corrected chi connectivity index (χ4v) is 3.51. The molecule has 0 spiro atoms. The molecule has 1 aromatic rings. The van der Waals surface area contributed by atoms with Crippen molar-refractivity contribution in [2.45, 2.75) is 71.9 Å². The normalized spacial score (nSPS) is 21.8. The first-order valence-electron chi connectivity index (χ1n) is 10.1. The van der Waals surface area contributed by atoms with E-state index in [1.165, 1.54) is 11.8 Å². The second-order valence-electron chi connectivity index (χ2n) is 8.94. The molecule has 160 valence electrons. The molecule has 0 unspecified atom stereocenters. The lowest BCUT2D eigenvalue weighted by Gasteiger charge is -2.40. The summed E-state index contributed by atoms with van der Waals surface area (Å²) in [6, 6.07) is 6.83. The van der Waals surface area contributed by atoms with Crippen LogP contribution in [-0.2, 0) is 14.3 Å². The molecule has 1 aromatic carbocycles. The maximum atomic E-state index is 13.1. The number of nitrogens with one attached hydrogen (secondary N) is 2. The summed E-state index contributed by atoms with van der Waals surface area (Å²) in [4.78, 5) is 38.4. The summed E-state index contributed by atoms with van der Waals surface area (Å²) in [7, 11) is 1.70. The summed E-state index contributed by atoms with van der Waals surface area (Å²) in [5.41, 5.74) is 0.0817. The number of benzene rings is 1. The molecule has 0 heterocycles. The SMILES string of the molecule is CC(=O)N(C)c1ccc(NC(=O)[C@@]2(C)CCCC[C@@H]2NC(=O)OC(C)(C)C)cc1. The Hall–Kier alpha value is -2.57. The summed E-state index contributed by atoms with van der Waals surface area (Å²) >= 11 is 0. The summed E-state index contributed by atoms with van der Waals surface area (Å²) in [6.07, 6.45) is 2.80. The zero-order valence-corrected chi connectivity index (χ0v) is 18.3. The largest absolute Gasteiger partial charge is 0.444 e. The highest BCUT2D eigenvalue weighted by Gasteiger charge is 2.44. The van der Waals surface area contributed by atoms with Crippen molar-refractivity contribution in [1.29, 1.82) is 0 Å². The van der Waals surface area contributed by atoms with Gasteiger partial charge in [0.05, 0.1) is 5.41 Å². The third-order valence-electron chi connectivity index (χ3n) is 5.40. The minimum absolute atomic E-state index is 0.0624. The lowest BCUT2D eigenvalue weighted by Crippen LogP contribution is -2.54. The molecular weight excluding hydrogens is 370 g/mol. The number of alkyl carbamates (subject to hydrolysis) is 1. The molecule has 29 heavy (non-hydrogen) atoms. The molecule has 1 saturated carbocycles. The van der Waals surface area contributed by atoms with E-state index in [0.29, 0.717) is 12.1 Å². The van der Waals surface area contributed by atoms with Gasteiger partial charge < -0.3 is 20.3 Å². The van der Waals surface area contributed by atoms with Crippen LogP contribution in [0.3, 0.4) is 0 Å². The van der Waals surface area contributed by atoms with Crippen molar-refractivity contribution < 1.29 is 19.1 Å². The van der Waals surface area contributed by atoms with Gasteiger partial charge in [-0.25, -0.2) is 4.79 Å². The van der Waals surface area contributed by atoms with Gasteiger partial charge in [0.25, 0.3) is 0 Å². The molecule has 2 rings (SSSR count). The molecule has 3 amide bonds. The van der Waals surface area contributed by atoms with Crippen molar-refractivity contribution >= 4 is 29.3 Å². The second kappa shape index (κ2) is 8.84. The van der Waals surface area contributed by atoms with Crippen LogP contribution in [0.5, 0.6) is 0 Å². The first-order valence-corrected chi connectivity index (χ1v) is 10.1. The number of hydrogen-bond donors (Lipinski definition) is 2. The Morgan fingerprint density at radius 1 is 1.14 bits per heavy atom. The summed E-state index contributed by atoms with van der Waals surface area (Å²) in [6.45, 7) is 8.82. The monoisotopic (exact) mass is 403 g/mol. The van der Waals surface area contributed by atoms with Crippen LogP contribution in [-0.4, -0.2) is 36.6 Å². The third kappa shape index (κ3) is 5.95. The molecule has 7 nitrogen and oxygen atoms in total. The number of hydrogen-bond acceptors (Lipinski definition) is 4. The summed E-state index contributed by atoms with van der Waals surface area (Å²) in [5.74, 6) is -0.196. The Balaban J connectivity index is 2.09. The van der Waals surface area contributed by atoms with Gasteiger partial charge in [-0.1, -0.05) is 12.8 Å². The van der Waals surface area contributed by atoms with E-state index in [9.17, 15) is 14.4 Å². The van der Waals surface area contributed by atoms with Crippen molar-refractivity contribution in [2.24, 2.45) is 5.41 Å². The molecule has 1 fully saturated rings. The highest BCUT2D eigenvalue weighted by atomic mass is 16.6. The molecule has 7 heteroatoms. The minimum Gasteiger partial charge on any atom is -0.444 e. The average molecular weight is 404 g/mol. The van der Waals surface area contributed by atoms with E-state index in [2.05, 4.69) is 10.6 Å². The smallest absolute Gasteiger partial charge is 0.407 e. The van der Waals surface area contributed by atoms with E-state index >= 15 is 0 Å². The van der Waals surface area contributed by atoms with E-state index in [1.54, 1.807) is 31.3 Å². The van der Waals surface area contributed by atoms with Gasteiger partial charge in [0.2, 0.25) is 11.8 Å². The first kappa shape index (κ1) is 22.7. The van der Waals surface area contributed by atoms with Gasteiger partial charge in [-0.2, -0.15) is 0 Å². The molecule has 2 atom stereocenters. The molecule has 1 aliphatic rings. The van der Waals surface area contributed by atoms with Crippen molar-refractivity contribution in [3.8, 4) is 0 Å². The third-order valence-corrected chi connectivity index (χ3v) is 5.40. The van der Waals surface area contributed by atoms with Gasteiger partial charge in [-0.15, -0.1) is 0 Å². The van der Waals surface area contributed by atoms with Crippen LogP contribution in [0, 0.1) is 5.41 Å². The second-order valence-corrected chi connectivity index (χ2v) is 8.94. The van der Waals surface area contributed by atoms with Crippen molar-refractivity contribution in [2.75, 3.05) is 17.3 Å². The fourth-order valence-electron chi connectivity index (χ4n) is 3.51. The van der Waals surface area contributed by atoms with E-state index in [-0.39, 0.29) is 17.9 Å². The lowest BCUT2D eigenvalue weighted by molar-refractivity contribution is -0.127. The van der Waals surface area contributed by atoms with Crippen LogP contribution < -0.4 is 15.5 Å². The van der Waals surface area contributed by atoms with Crippen molar-refractivity contribution in [1.82, 2.24) is 5.32 Å². The zero-order chi connectivity index (χ0) is 21.8. The van der Waals surface area contributed by atoms with Crippen molar-refractivity contribution in [3.05, 3.63) is 24.3 Å². The molecule has 0 saturated heterocycles.